The smallest absolute Gasteiger partial charge is 0.399 e. The van der Waals surface area contributed by atoms with Gasteiger partial charge in [-0.05, 0) is 117 Å². The lowest BCUT2D eigenvalue weighted by Crippen LogP contribution is -2.64. The molecule has 4 saturated carbocycles. The number of fused-ring (bicyclic) bond motifs is 8. The minimum atomic E-state index is -0.309. The predicted molar refractivity (Wildman–Crippen MR) is 132 cm³/mol. The summed E-state index contributed by atoms with van der Waals surface area (Å²) in [5, 5.41) is 0. The maximum atomic E-state index is 6.44. The first kappa shape index (κ1) is 19.7. The number of benzene rings is 2. The lowest BCUT2D eigenvalue weighted by atomic mass is 9.36. The van der Waals surface area contributed by atoms with Crippen molar-refractivity contribution in [2.24, 2.45) is 29.1 Å². The molecule has 5 aliphatic carbocycles. The van der Waals surface area contributed by atoms with Gasteiger partial charge >= 0.3 is 7.12 Å². The van der Waals surface area contributed by atoms with Crippen LogP contribution >= 0.6 is 0 Å². The summed E-state index contributed by atoms with van der Waals surface area (Å²) < 4.78 is 12.9. The molecule has 2 nitrogen and oxygen atoms in total. The Morgan fingerprint density at radius 1 is 0.788 bits per heavy atom. The standard InChI is InChI=1S/C30H35BO2/c1-27(2)28(3,4)33-31(32-27)20-12-13-24-22(16-20)21-7-5-6-8-23(21)30(24)25-14-11-19-10-9-18-15-26(30)29(19,25)17-18/h5-8,12-13,16,18-19,25-26H,9-11,14-15,17H2,1-4H3. The summed E-state index contributed by atoms with van der Waals surface area (Å²) in [6.45, 7) is 8.58. The van der Waals surface area contributed by atoms with Gasteiger partial charge in [-0.15, -0.1) is 0 Å². The second-order valence-corrected chi connectivity index (χ2v) is 13.2. The molecule has 33 heavy (non-hydrogen) atoms. The van der Waals surface area contributed by atoms with Gasteiger partial charge in [0.05, 0.1) is 11.2 Å². The van der Waals surface area contributed by atoms with Gasteiger partial charge in [-0.1, -0.05) is 48.9 Å². The van der Waals surface area contributed by atoms with E-state index in [2.05, 4.69) is 70.2 Å². The zero-order valence-electron chi connectivity index (χ0n) is 20.5. The summed E-state index contributed by atoms with van der Waals surface area (Å²) in [6.07, 6.45) is 8.88. The van der Waals surface area contributed by atoms with Crippen LogP contribution in [-0.4, -0.2) is 18.3 Å². The van der Waals surface area contributed by atoms with Crippen LogP contribution in [0.1, 0.15) is 77.3 Å². The van der Waals surface area contributed by atoms with Crippen LogP contribution in [-0.2, 0) is 14.7 Å². The van der Waals surface area contributed by atoms with E-state index in [1.165, 1.54) is 55.1 Å². The van der Waals surface area contributed by atoms with Crippen LogP contribution in [0.5, 0.6) is 0 Å². The Kier molecular flexibility index (Phi) is 3.46. The molecule has 1 aliphatic heterocycles. The van der Waals surface area contributed by atoms with Crippen molar-refractivity contribution in [3.8, 4) is 11.1 Å². The molecule has 2 aromatic carbocycles. The van der Waals surface area contributed by atoms with Gasteiger partial charge in [-0.25, -0.2) is 0 Å². The molecule has 2 aromatic rings. The summed E-state index contributed by atoms with van der Waals surface area (Å²) in [5.41, 5.74) is 7.66. The molecule has 170 valence electrons. The topological polar surface area (TPSA) is 18.5 Å². The van der Waals surface area contributed by atoms with Crippen molar-refractivity contribution in [3.05, 3.63) is 53.6 Å². The maximum absolute atomic E-state index is 6.44. The number of rotatable bonds is 1. The third-order valence-corrected chi connectivity index (χ3v) is 11.8. The monoisotopic (exact) mass is 438 g/mol. The van der Waals surface area contributed by atoms with Gasteiger partial charge < -0.3 is 9.31 Å². The summed E-state index contributed by atoms with van der Waals surface area (Å²) in [6, 6.07) is 16.6. The fourth-order valence-corrected chi connectivity index (χ4v) is 10.0. The van der Waals surface area contributed by atoms with Crippen molar-refractivity contribution in [1.82, 2.24) is 0 Å². The molecule has 8 rings (SSSR count). The molecule has 6 atom stereocenters. The zero-order valence-corrected chi connectivity index (χ0v) is 20.5. The first-order valence-electron chi connectivity index (χ1n) is 13.4. The normalized spacial score (nSPS) is 42.2. The van der Waals surface area contributed by atoms with Crippen molar-refractivity contribution < 1.29 is 9.31 Å². The molecule has 1 heterocycles. The number of hydrogen-bond acceptors (Lipinski definition) is 2. The molecular formula is C30H35BO2. The maximum Gasteiger partial charge on any atom is 0.494 e. The third kappa shape index (κ3) is 2.02. The number of hydrogen-bond donors (Lipinski definition) is 0. The molecule has 0 aromatic heterocycles. The summed E-state index contributed by atoms with van der Waals surface area (Å²) in [5.74, 6) is 3.67. The Bertz CT molecular complexity index is 1180. The molecule has 5 fully saturated rings. The highest BCUT2D eigenvalue weighted by atomic mass is 16.7. The van der Waals surface area contributed by atoms with E-state index < -0.39 is 0 Å². The first-order chi connectivity index (χ1) is 15.8. The highest BCUT2D eigenvalue weighted by molar-refractivity contribution is 6.62. The molecule has 0 radical (unpaired) electrons. The quantitative estimate of drug-likeness (QED) is 0.501. The molecule has 1 saturated heterocycles. The van der Waals surface area contributed by atoms with Crippen molar-refractivity contribution in [2.45, 2.75) is 82.8 Å². The van der Waals surface area contributed by atoms with Crippen LogP contribution in [0.15, 0.2) is 42.5 Å². The molecule has 6 aliphatic rings. The van der Waals surface area contributed by atoms with Crippen LogP contribution in [0.3, 0.4) is 0 Å². The van der Waals surface area contributed by atoms with Crippen molar-refractivity contribution >= 4 is 12.6 Å². The summed E-state index contributed by atoms with van der Waals surface area (Å²) in [7, 11) is -0.293. The van der Waals surface area contributed by atoms with Gasteiger partial charge in [-0.3, -0.25) is 0 Å². The highest BCUT2D eigenvalue weighted by Crippen LogP contribution is 2.85. The van der Waals surface area contributed by atoms with Crippen molar-refractivity contribution in [1.29, 1.82) is 0 Å². The largest absolute Gasteiger partial charge is 0.494 e. The van der Waals surface area contributed by atoms with E-state index in [9.17, 15) is 0 Å². The fourth-order valence-electron chi connectivity index (χ4n) is 10.0. The molecule has 0 amide bonds. The van der Waals surface area contributed by atoms with E-state index in [4.69, 9.17) is 9.31 Å². The van der Waals surface area contributed by atoms with E-state index >= 15 is 0 Å². The van der Waals surface area contributed by atoms with E-state index in [0.717, 1.165) is 23.7 Å². The Morgan fingerprint density at radius 2 is 1.52 bits per heavy atom. The van der Waals surface area contributed by atoms with E-state index in [0.29, 0.717) is 5.41 Å². The van der Waals surface area contributed by atoms with Crippen molar-refractivity contribution in [3.63, 3.8) is 0 Å². The Balaban J connectivity index is 1.29. The van der Waals surface area contributed by atoms with Crippen LogP contribution < -0.4 is 5.46 Å². The van der Waals surface area contributed by atoms with Gasteiger partial charge in [0.1, 0.15) is 0 Å². The van der Waals surface area contributed by atoms with Gasteiger partial charge in [0, 0.05) is 5.41 Å². The van der Waals surface area contributed by atoms with Crippen molar-refractivity contribution in [2.75, 3.05) is 0 Å². The van der Waals surface area contributed by atoms with Crippen LogP contribution in [0.2, 0.25) is 0 Å². The summed E-state index contributed by atoms with van der Waals surface area (Å²) >= 11 is 0. The van der Waals surface area contributed by atoms with E-state index in [1.807, 2.05) is 0 Å². The van der Waals surface area contributed by atoms with Gasteiger partial charge in [0.2, 0.25) is 0 Å². The van der Waals surface area contributed by atoms with Crippen LogP contribution in [0, 0.1) is 29.1 Å². The lowest BCUT2D eigenvalue weighted by Gasteiger charge is -2.66. The molecule has 3 heteroatoms. The summed E-state index contributed by atoms with van der Waals surface area (Å²) in [4.78, 5) is 0. The minimum Gasteiger partial charge on any atom is -0.399 e. The second kappa shape index (κ2) is 5.79. The Labute approximate surface area is 198 Å². The van der Waals surface area contributed by atoms with Gasteiger partial charge in [-0.2, -0.15) is 0 Å². The van der Waals surface area contributed by atoms with Gasteiger partial charge in [0.25, 0.3) is 0 Å². The Hall–Kier alpha value is -1.58. The lowest BCUT2D eigenvalue weighted by molar-refractivity contribution is -0.115. The third-order valence-electron chi connectivity index (χ3n) is 11.8. The van der Waals surface area contributed by atoms with Crippen LogP contribution in [0.25, 0.3) is 11.1 Å². The van der Waals surface area contributed by atoms with Crippen LogP contribution in [0.4, 0.5) is 0 Å². The zero-order chi connectivity index (χ0) is 22.4. The molecule has 2 bridgehead atoms. The first-order valence-corrected chi connectivity index (χ1v) is 13.4. The minimum absolute atomic E-state index is 0.258. The molecule has 0 N–H and O–H groups in total. The van der Waals surface area contributed by atoms with Gasteiger partial charge in [0.15, 0.2) is 0 Å². The SMILES string of the molecule is CC1(C)OB(c2ccc3c(c2)-c2ccccc2C32C3CCC4CCC5CC2C43C5)OC1(C)C. The molecular weight excluding hydrogens is 403 g/mol. The van der Waals surface area contributed by atoms with E-state index in [1.54, 1.807) is 11.1 Å². The average molecular weight is 438 g/mol. The highest BCUT2D eigenvalue weighted by Gasteiger charge is 2.79. The Morgan fingerprint density at radius 3 is 2.33 bits per heavy atom. The average Bonchev–Trinajstić information content (AvgIpc) is 3.44. The van der Waals surface area contributed by atoms with E-state index in [-0.39, 0.29) is 23.7 Å². The second-order valence-electron chi connectivity index (χ2n) is 13.2. The molecule has 2 spiro atoms. The fraction of sp³-hybridized carbons (Fsp3) is 0.600. The molecule has 6 unspecified atom stereocenters. The predicted octanol–water partition coefficient (Wildman–Crippen LogP) is 6.10.